The predicted octanol–water partition coefficient (Wildman–Crippen LogP) is 2.55. The van der Waals surface area contributed by atoms with Crippen LogP contribution in [0.15, 0.2) is 18.2 Å². The highest BCUT2D eigenvalue weighted by molar-refractivity contribution is 5.95. The van der Waals surface area contributed by atoms with E-state index in [1.165, 1.54) is 0 Å². The minimum atomic E-state index is 0.0334. The molecule has 4 nitrogen and oxygen atoms in total. The SMILES string of the molecule is CCCCOc1ccc(C(=N)N)cc1OCC. The van der Waals surface area contributed by atoms with Gasteiger partial charge >= 0.3 is 0 Å². The quantitative estimate of drug-likeness (QED) is 0.434. The van der Waals surface area contributed by atoms with Gasteiger partial charge in [0.25, 0.3) is 0 Å². The molecule has 0 aromatic heterocycles. The van der Waals surface area contributed by atoms with Gasteiger partial charge in [-0.25, -0.2) is 0 Å². The molecule has 0 aliphatic heterocycles. The number of benzene rings is 1. The predicted molar refractivity (Wildman–Crippen MR) is 69.0 cm³/mol. The van der Waals surface area contributed by atoms with Crippen LogP contribution in [0.5, 0.6) is 11.5 Å². The Labute approximate surface area is 102 Å². The summed E-state index contributed by atoms with van der Waals surface area (Å²) in [5, 5.41) is 7.38. The summed E-state index contributed by atoms with van der Waals surface area (Å²) >= 11 is 0. The molecule has 0 saturated carbocycles. The maximum atomic E-state index is 7.38. The van der Waals surface area contributed by atoms with Crippen LogP contribution in [0.25, 0.3) is 0 Å². The average Bonchev–Trinajstić information content (AvgIpc) is 2.31. The summed E-state index contributed by atoms with van der Waals surface area (Å²) in [6, 6.07) is 5.32. The summed E-state index contributed by atoms with van der Waals surface area (Å²) in [5.41, 5.74) is 6.09. The third-order valence-corrected chi connectivity index (χ3v) is 2.31. The summed E-state index contributed by atoms with van der Waals surface area (Å²) in [6.07, 6.45) is 2.11. The third-order valence-electron chi connectivity index (χ3n) is 2.31. The van der Waals surface area contributed by atoms with Gasteiger partial charge in [-0.15, -0.1) is 0 Å². The van der Waals surface area contributed by atoms with Crippen LogP contribution in [0.1, 0.15) is 32.3 Å². The van der Waals surface area contributed by atoms with Crippen molar-refractivity contribution in [3.8, 4) is 11.5 Å². The molecule has 0 unspecified atom stereocenters. The molecule has 0 radical (unpaired) electrons. The van der Waals surface area contributed by atoms with E-state index in [1.807, 2.05) is 6.92 Å². The van der Waals surface area contributed by atoms with Crippen LogP contribution in [-0.4, -0.2) is 19.0 Å². The largest absolute Gasteiger partial charge is 0.490 e. The molecule has 1 rings (SSSR count). The number of unbranched alkanes of at least 4 members (excludes halogenated alkanes) is 1. The number of rotatable bonds is 7. The fourth-order valence-corrected chi connectivity index (χ4v) is 1.39. The van der Waals surface area contributed by atoms with Gasteiger partial charge in [0.05, 0.1) is 13.2 Å². The lowest BCUT2D eigenvalue weighted by Crippen LogP contribution is -2.11. The molecule has 0 atom stereocenters. The van der Waals surface area contributed by atoms with Crippen molar-refractivity contribution in [2.45, 2.75) is 26.7 Å². The van der Waals surface area contributed by atoms with E-state index in [1.54, 1.807) is 18.2 Å². The fraction of sp³-hybridized carbons (Fsp3) is 0.462. The summed E-state index contributed by atoms with van der Waals surface area (Å²) in [7, 11) is 0. The van der Waals surface area contributed by atoms with E-state index in [-0.39, 0.29) is 5.84 Å². The molecule has 1 aromatic rings. The highest BCUT2D eigenvalue weighted by Crippen LogP contribution is 2.28. The van der Waals surface area contributed by atoms with Gasteiger partial charge in [0.2, 0.25) is 0 Å². The molecule has 17 heavy (non-hydrogen) atoms. The number of ether oxygens (including phenoxy) is 2. The fourth-order valence-electron chi connectivity index (χ4n) is 1.39. The number of nitrogen functional groups attached to an aromatic ring is 1. The van der Waals surface area contributed by atoms with Crippen LogP contribution in [-0.2, 0) is 0 Å². The van der Waals surface area contributed by atoms with E-state index in [0.29, 0.717) is 30.3 Å². The standard InChI is InChI=1S/C13H20N2O2/c1-3-5-8-17-11-7-6-10(13(14)15)9-12(11)16-4-2/h6-7,9H,3-5,8H2,1-2H3,(H3,14,15). The maximum absolute atomic E-state index is 7.38. The molecule has 94 valence electrons. The van der Waals surface area contributed by atoms with E-state index < -0.39 is 0 Å². The number of nitrogens with one attached hydrogen (secondary N) is 1. The Balaban J connectivity index is 2.83. The second kappa shape index (κ2) is 6.78. The Morgan fingerprint density at radius 3 is 2.59 bits per heavy atom. The van der Waals surface area contributed by atoms with Crippen molar-refractivity contribution >= 4 is 5.84 Å². The van der Waals surface area contributed by atoms with Crippen molar-refractivity contribution < 1.29 is 9.47 Å². The van der Waals surface area contributed by atoms with Crippen LogP contribution >= 0.6 is 0 Å². The van der Waals surface area contributed by atoms with E-state index in [9.17, 15) is 0 Å². The Bertz CT molecular complexity index is 378. The molecule has 0 amide bonds. The van der Waals surface area contributed by atoms with Gasteiger partial charge in [-0.05, 0) is 31.5 Å². The first-order valence-corrected chi connectivity index (χ1v) is 5.93. The van der Waals surface area contributed by atoms with E-state index in [2.05, 4.69) is 6.92 Å². The number of hydrogen-bond acceptors (Lipinski definition) is 3. The van der Waals surface area contributed by atoms with Crippen molar-refractivity contribution in [3.05, 3.63) is 23.8 Å². The first-order valence-electron chi connectivity index (χ1n) is 5.93. The van der Waals surface area contributed by atoms with Crippen molar-refractivity contribution in [3.63, 3.8) is 0 Å². The van der Waals surface area contributed by atoms with Crippen LogP contribution in [0, 0.1) is 5.41 Å². The van der Waals surface area contributed by atoms with Crippen molar-refractivity contribution in [1.29, 1.82) is 5.41 Å². The Morgan fingerprint density at radius 2 is 2.00 bits per heavy atom. The highest BCUT2D eigenvalue weighted by atomic mass is 16.5. The van der Waals surface area contributed by atoms with Crippen LogP contribution in [0.2, 0.25) is 0 Å². The maximum Gasteiger partial charge on any atom is 0.161 e. The summed E-state index contributed by atoms with van der Waals surface area (Å²) in [5.74, 6) is 1.40. The summed E-state index contributed by atoms with van der Waals surface area (Å²) < 4.78 is 11.1. The molecule has 0 saturated heterocycles. The Hall–Kier alpha value is -1.71. The van der Waals surface area contributed by atoms with E-state index in [4.69, 9.17) is 20.6 Å². The number of amidine groups is 1. The molecule has 0 fully saturated rings. The van der Waals surface area contributed by atoms with Crippen LogP contribution in [0.4, 0.5) is 0 Å². The lowest BCUT2D eigenvalue weighted by molar-refractivity contribution is 0.272. The second-order valence-corrected chi connectivity index (χ2v) is 3.71. The summed E-state index contributed by atoms with van der Waals surface area (Å²) in [4.78, 5) is 0. The number of nitrogens with two attached hydrogens (primary N) is 1. The topological polar surface area (TPSA) is 68.3 Å². The average molecular weight is 236 g/mol. The zero-order chi connectivity index (χ0) is 12.7. The molecule has 1 aromatic carbocycles. The van der Waals surface area contributed by atoms with Crippen molar-refractivity contribution in [2.24, 2.45) is 5.73 Å². The molecule has 4 heteroatoms. The summed E-state index contributed by atoms with van der Waals surface area (Å²) in [6.45, 7) is 5.27. The Morgan fingerprint density at radius 1 is 1.24 bits per heavy atom. The van der Waals surface area contributed by atoms with Gasteiger partial charge < -0.3 is 15.2 Å². The van der Waals surface area contributed by atoms with Gasteiger partial charge in [0.1, 0.15) is 5.84 Å². The normalized spacial score (nSPS) is 10.0. The minimum absolute atomic E-state index is 0.0334. The van der Waals surface area contributed by atoms with Gasteiger partial charge in [0, 0.05) is 5.56 Å². The Kier molecular flexibility index (Phi) is 5.33. The molecule has 0 aliphatic rings. The first-order chi connectivity index (χ1) is 8.19. The van der Waals surface area contributed by atoms with Crippen LogP contribution in [0.3, 0.4) is 0 Å². The molecular formula is C13H20N2O2. The molecular weight excluding hydrogens is 216 g/mol. The first kappa shape index (κ1) is 13.4. The molecule has 3 N–H and O–H groups in total. The van der Waals surface area contributed by atoms with Gasteiger partial charge in [-0.2, -0.15) is 0 Å². The van der Waals surface area contributed by atoms with Gasteiger partial charge in [0.15, 0.2) is 11.5 Å². The molecule has 0 heterocycles. The lowest BCUT2D eigenvalue weighted by atomic mass is 10.2. The second-order valence-electron chi connectivity index (χ2n) is 3.71. The van der Waals surface area contributed by atoms with Crippen molar-refractivity contribution in [2.75, 3.05) is 13.2 Å². The van der Waals surface area contributed by atoms with Crippen molar-refractivity contribution in [1.82, 2.24) is 0 Å². The van der Waals surface area contributed by atoms with Crippen LogP contribution < -0.4 is 15.2 Å². The van der Waals surface area contributed by atoms with Gasteiger partial charge in [-0.3, -0.25) is 5.41 Å². The lowest BCUT2D eigenvalue weighted by Gasteiger charge is -2.12. The van der Waals surface area contributed by atoms with E-state index >= 15 is 0 Å². The third kappa shape index (κ3) is 3.98. The minimum Gasteiger partial charge on any atom is -0.490 e. The van der Waals surface area contributed by atoms with Gasteiger partial charge in [-0.1, -0.05) is 13.3 Å². The smallest absolute Gasteiger partial charge is 0.161 e. The monoisotopic (exact) mass is 236 g/mol. The molecule has 0 bridgehead atoms. The number of hydrogen-bond donors (Lipinski definition) is 2. The molecule has 0 aliphatic carbocycles. The zero-order valence-electron chi connectivity index (χ0n) is 10.5. The highest BCUT2D eigenvalue weighted by Gasteiger charge is 2.07. The zero-order valence-corrected chi connectivity index (χ0v) is 10.5. The van der Waals surface area contributed by atoms with E-state index in [0.717, 1.165) is 12.8 Å². The molecule has 0 spiro atoms.